The Balaban J connectivity index is 0.000000244. The lowest BCUT2D eigenvalue weighted by molar-refractivity contribution is 0.00536. The van der Waals surface area contributed by atoms with Crippen molar-refractivity contribution in [1.29, 1.82) is 0 Å². The number of benzene rings is 1. The number of carboxylic acids is 1. The third-order valence-corrected chi connectivity index (χ3v) is 6.30. The van der Waals surface area contributed by atoms with Crippen molar-refractivity contribution in [3.8, 4) is 0 Å². The number of halogens is 1. The zero-order valence-electron chi connectivity index (χ0n) is 18.7. The normalized spacial score (nSPS) is 13.8. The second-order valence-corrected chi connectivity index (χ2v) is 9.15. The molecule has 3 rings (SSSR count). The molecule has 1 saturated carbocycles. The number of hydroxylamine groups is 1. The van der Waals surface area contributed by atoms with Crippen molar-refractivity contribution in [3.05, 3.63) is 45.4 Å². The van der Waals surface area contributed by atoms with Crippen molar-refractivity contribution in [3.63, 3.8) is 0 Å². The van der Waals surface area contributed by atoms with Crippen molar-refractivity contribution in [2.24, 2.45) is 0 Å². The van der Waals surface area contributed by atoms with E-state index in [0.29, 0.717) is 22.3 Å². The molecule has 1 aromatic carbocycles. The minimum atomic E-state index is -1.06. The van der Waals surface area contributed by atoms with Crippen LogP contribution in [0.25, 0.3) is 0 Å². The van der Waals surface area contributed by atoms with Gasteiger partial charge in [-0.05, 0) is 44.4 Å². The van der Waals surface area contributed by atoms with Gasteiger partial charge in [0.05, 0.1) is 12.3 Å². The van der Waals surface area contributed by atoms with Gasteiger partial charge in [-0.25, -0.2) is 9.78 Å². The van der Waals surface area contributed by atoms with Gasteiger partial charge in [-0.3, -0.25) is 10.1 Å². The van der Waals surface area contributed by atoms with Crippen LogP contribution in [0.15, 0.2) is 24.3 Å². The first-order valence-electron chi connectivity index (χ1n) is 11.1. The zero-order valence-corrected chi connectivity index (χ0v) is 20.2. The maximum absolute atomic E-state index is 11.9. The molecule has 32 heavy (non-hydrogen) atoms. The molecule has 1 heterocycles. The molecule has 0 atom stereocenters. The van der Waals surface area contributed by atoms with E-state index in [1.54, 1.807) is 25.1 Å². The first kappa shape index (κ1) is 26.3. The summed E-state index contributed by atoms with van der Waals surface area (Å²) in [5.41, 5.74) is 3.94. The molecule has 0 bridgehead atoms. The van der Waals surface area contributed by atoms with E-state index in [9.17, 15) is 9.59 Å². The van der Waals surface area contributed by atoms with Crippen LogP contribution in [0.1, 0.15) is 84.0 Å². The summed E-state index contributed by atoms with van der Waals surface area (Å²) < 4.78 is 0. The smallest absolute Gasteiger partial charge is 0.347 e. The van der Waals surface area contributed by atoms with Gasteiger partial charge in [-0.15, -0.1) is 0 Å². The molecule has 2 aromatic rings. The lowest BCUT2D eigenvalue weighted by Crippen LogP contribution is -2.31. The largest absolute Gasteiger partial charge is 0.477 e. The van der Waals surface area contributed by atoms with Gasteiger partial charge in [0.25, 0.3) is 5.91 Å². The molecule has 1 amide bonds. The molecule has 176 valence electrons. The lowest BCUT2D eigenvalue weighted by Gasteiger charge is -2.22. The average Bonchev–Trinajstić information content (AvgIpc) is 3.15. The first-order chi connectivity index (χ1) is 15.4. The monoisotopic (exact) mass is 481 g/mol. The molecule has 0 saturated heterocycles. The number of aromatic nitrogens is 1. The average molecular weight is 482 g/mol. The van der Waals surface area contributed by atoms with E-state index in [1.165, 1.54) is 57.4 Å². The number of hydrogen-bond donors (Lipinski definition) is 3. The highest BCUT2D eigenvalue weighted by Crippen LogP contribution is 2.23. The fourth-order valence-corrected chi connectivity index (χ4v) is 4.26. The van der Waals surface area contributed by atoms with Crippen LogP contribution in [0.5, 0.6) is 0 Å². The quantitative estimate of drug-likeness (QED) is 0.296. The van der Waals surface area contributed by atoms with E-state index in [1.807, 2.05) is 0 Å². The number of amides is 1. The Labute approximate surface area is 198 Å². The summed E-state index contributed by atoms with van der Waals surface area (Å²) in [5.74, 6) is -1.44. The van der Waals surface area contributed by atoms with Gasteiger partial charge in [-0.1, -0.05) is 68.0 Å². The Morgan fingerprint density at radius 2 is 2.00 bits per heavy atom. The Kier molecular flexibility index (Phi) is 11.7. The van der Waals surface area contributed by atoms with E-state index in [0.717, 1.165) is 17.9 Å². The van der Waals surface area contributed by atoms with E-state index < -0.39 is 5.97 Å². The molecular weight excluding hydrogens is 450 g/mol. The fourth-order valence-electron chi connectivity index (χ4n) is 3.27. The molecule has 0 spiro atoms. The number of anilines is 1. The summed E-state index contributed by atoms with van der Waals surface area (Å²) in [4.78, 5) is 32.3. The molecule has 3 N–H and O–H groups in total. The van der Waals surface area contributed by atoms with Crippen LogP contribution in [0.3, 0.4) is 0 Å². The first-order valence-corrected chi connectivity index (χ1v) is 12.2. The lowest BCUT2D eigenvalue weighted by atomic mass is 9.96. The Morgan fingerprint density at radius 1 is 1.25 bits per heavy atom. The number of hydrogen-bond acceptors (Lipinski definition) is 6. The van der Waals surface area contributed by atoms with Crippen LogP contribution in [-0.2, 0) is 4.84 Å². The summed E-state index contributed by atoms with van der Waals surface area (Å²) in [6.45, 7) is 4.67. The Bertz CT molecular complexity index is 869. The minimum absolute atomic E-state index is 0.112. The SMILES string of the molecule is CCCCCONC1CCCCC1.Cc1nc(NC(=O)c2cccc(Cl)c2)sc1C(=O)O. The summed E-state index contributed by atoms with van der Waals surface area (Å²) >= 11 is 6.71. The zero-order chi connectivity index (χ0) is 23.3. The van der Waals surface area contributed by atoms with E-state index >= 15 is 0 Å². The van der Waals surface area contributed by atoms with Crippen molar-refractivity contribution < 1.29 is 19.5 Å². The highest BCUT2D eigenvalue weighted by molar-refractivity contribution is 7.17. The van der Waals surface area contributed by atoms with Crippen molar-refractivity contribution >= 4 is 39.9 Å². The Morgan fingerprint density at radius 3 is 2.62 bits per heavy atom. The molecular formula is C23H32ClN3O4S. The number of carbonyl (C=O) groups excluding carboxylic acids is 1. The number of thiazole rings is 1. The summed E-state index contributed by atoms with van der Waals surface area (Å²) in [6.07, 6.45) is 10.5. The molecule has 9 heteroatoms. The maximum atomic E-state index is 11.9. The number of carbonyl (C=O) groups is 2. The Hall–Kier alpha value is -2.00. The molecule has 1 aliphatic carbocycles. The molecule has 1 aliphatic rings. The van der Waals surface area contributed by atoms with E-state index in [-0.39, 0.29) is 15.9 Å². The standard InChI is InChI=1S/C12H9ClN2O3S.C11H23NO/c1-6-9(11(17)18)19-12(14-6)15-10(16)7-3-2-4-8(13)5-7;1-2-3-7-10-13-12-11-8-5-4-6-9-11/h2-5H,1H3,(H,17,18)(H,14,15,16);11-12H,2-10H2,1H3. The molecule has 0 aliphatic heterocycles. The highest BCUT2D eigenvalue weighted by Gasteiger charge is 2.16. The van der Waals surface area contributed by atoms with Gasteiger partial charge in [0, 0.05) is 16.6 Å². The molecule has 1 aromatic heterocycles. The van der Waals surface area contributed by atoms with Gasteiger partial charge in [-0.2, -0.15) is 5.48 Å². The molecule has 0 radical (unpaired) electrons. The van der Waals surface area contributed by atoms with Crippen LogP contribution in [-0.4, -0.2) is 34.6 Å². The molecule has 1 fully saturated rings. The minimum Gasteiger partial charge on any atom is -0.477 e. The second-order valence-electron chi connectivity index (χ2n) is 7.71. The summed E-state index contributed by atoms with van der Waals surface area (Å²) in [7, 11) is 0. The predicted molar refractivity (Wildman–Crippen MR) is 129 cm³/mol. The number of nitrogens with zero attached hydrogens (tertiary/aromatic N) is 1. The number of rotatable bonds is 9. The summed E-state index contributed by atoms with van der Waals surface area (Å²) in [5, 5.41) is 12.2. The molecule has 0 unspecified atom stereocenters. The predicted octanol–water partition coefficient (Wildman–Crippen LogP) is 6.09. The maximum Gasteiger partial charge on any atom is 0.347 e. The number of aromatic carboxylic acids is 1. The topological polar surface area (TPSA) is 101 Å². The van der Waals surface area contributed by atoms with Gasteiger partial charge < -0.3 is 9.94 Å². The van der Waals surface area contributed by atoms with Crippen LogP contribution in [0, 0.1) is 6.92 Å². The van der Waals surface area contributed by atoms with Crippen molar-refractivity contribution in [2.75, 3.05) is 11.9 Å². The number of carboxylic acid groups (broad SMARTS) is 1. The van der Waals surface area contributed by atoms with Gasteiger partial charge in [0.15, 0.2) is 5.13 Å². The highest BCUT2D eigenvalue weighted by atomic mass is 35.5. The van der Waals surface area contributed by atoms with Crippen LogP contribution >= 0.6 is 22.9 Å². The second kappa shape index (κ2) is 14.2. The third kappa shape index (κ3) is 9.24. The van der Waals surface area contributed by atoms with Gasteiger partial charge in [0.2, 0.25) is 0 Å². The van der Waals surface area contributed by atoms with Crippen molar-refractivity contribution in [1.82, 2.24) is 10.5 Å². The van der Waals surface area contributed by atoms with Crippen molar-refractivity contribution in [2.45, 2.75) is 71.3 Å². The number of aryl methyl sites for hydroxylation is 1. The van der Waals surface area contributed by atoms with Crippen LogP contribution in [0.2, 0.25) is 5.02 Å². The molecule has 7 nitrogen and oxygen atoms in total. The van der Waals surface area contributed by atoms with Gasteiger partial charge in [0.1, 0.15) is 4.88 Å². The van der Waals surface area contributed by atoms with Gasteiger partial charge >= 0.3 is 5.97 Å². The van der Waals surface area contributed by atoms with Crippen LogP contribution < -0.4 is 10.8 Å². The fraction of sp³-hybridized carbons (Fsp3) is 0.522. The number of nitrogens with one attached hydrogen (secondary N) is 2. The van der Waals surface area contributed by atoms with E-state index in [2.05, 4.69) is 22.7 Å². The van der Waals surface area contributed by atoms with Crippen LogP contribution in [0.4, 0.5) is 5.13 Å². The van der Waals surface area contributed by atoms with E-state index in [4.69, 9.17) is 21.5 Å². The number of unbranched alkanes of at least 4 members (excludes halogenated alkanes) is 2. The third-order valence-electron chi connectivity index (χ3n) is 5.00. The summed E-state index contributed by atoms with van der Waals surface area (Å²) in [6, 6.07) is 7.09.